The van der Waals surface area contributed by atoms with E-state index < -0.39 is 14.3 Å². The fourth-order valence-corrected chi connectivity index (χ4v) is 6.68. The summed E-state index contributed by atoms with van der Waals surface area (Å²) in [6.07, 6.45) is 17.2. The van der Waals surface area contributed by atoms with Crippen molar-refractivity contribution >= 4 is 14.3 Å². The van der Waals surface area contributed by atoms with Gasteiger partial charge in [-0.15, -0.1) is 0 Å². The molecule has 0 amide bonds. The SMILES string of the molecule is CC(C)(C)[Si](C)(C)O[C@H](CCC1=CC[C@H](O)[C@@H]1CCCCCCC(=O)O)C1CCCCC1. The van der Waals surface area contributed by atoms with E-state index >= 15 is 0 Å². The van der Waals surface area contributed by atoms with Gasteiger partial charge in [0.05, 0.1) is 6.10 Å². The Labute approximate surface area is 198 Å². The van der Waals surface area contributed by atoms with Gasteiger partial charge in [0.25, 0.3) is 0 Å². The second-order valence-electron chi connectivity index (χ2n) is 11.9. The van der Waals surface area contributed by atoms with E-state index in [0.29, 0.717) is 12.0 Å². The summed E-state index contributed by atoms with van der Waals surface area (Å²) in [5, 5.41) is 19.6. The van der Waals surface area contributed by atoms with Crippen molar-refractivity contribution in [3.63, 3.8) is 0 Å². The monoisotopic (exact) mass is 466 g/mol. The molecule has 2 aliphatic carbocycles. The molecule has 1 fully saturated rings. The van der Waals surface area contributed by atoms with Crippen molar-refractivity contribution in [2.45, 2.75) is 141 Å². The predicted octanol–water partition coefficient (Wildman–Crippen LogP) is 7.47. The molecule has 0 unspecified atom stereocenters. The highest BCUT2D eigenvalue weighted by Gasteiger charge is 2.41. The van der Waals surface area contributed by atoms with Crippen LogP contribution >= 0.6 is 0 Å². The third-order valence-electron chi connectivity index (χ3n) is 8.36. The molecule has 0 aromatic heterocycles. The van der Waals surface area contributed by atoms with Crippen LogP contribution in [0.15, 0.2) is 11.6 Å². The lowest BCUT2D eigenvalue weighted by Crippen LogP contribution is -2.46. The van der Waals surface area contributed by atoms with Gasteiger partial charge in [0.15, 0.2) is 8.32 Å². The van der Waals surface area contributed by atoms with Crippen LogP contribution in [0.1, 0.15) is 111 Å². The Hall–Kier alpha value is -0.653. The van der Waals surface area contributed by atoms with E-state index in [0.717, 1.165) is 51.4 Å². The van der Waals surface area contributed by atoms with Crippen LogP contribution in [0.4, 0.5) is 0 Å². The number of carbonyl (C=O) groups is 1. The summed E-state index contributed by atoms with van der Waals surface area (Å²) in [6, 6.07) is 0. The Kier molecular flexibility index (Phi) is 11.0. The Balaban J connectivity index is 1.90. The maximum Gasteiger partial charge on any atom is 0.303 e. The van der Waals surface area contributed by atoms with Crippen molar-refractivity contribution in [1.29, 1.82) is 0 Å². The van der Waals surface area contributed by atoms with Gasteiger partial charge >= 0.3 is 5.97 Å². The minimum Gasteiger partial charge on any atom is -0.481 e. The number of unbranched alkanes of at least 4 members (excludes halogenated alkanes) is 3. The van der Waals surface area contributed by atoms with Gasteiger partial charge in [0.2, 0.25) is 0 Å². The number of carboxylic acid groups (broad SMARTS) is 1. The zero-order valence-electron chi connectivity index (χ0n) is 21.5. The quantitative estimate of drug-likeness (QED) is 0.168. The van der Waals surface area contributed by atoms with Gasteiger partial charge in [-0.05, 0) is 69.0 Å². The fraction of sp³-hybridized carbons (Fsp3) is 0.889. The van der Waals surface area contributed by atoms with Crippen molar-refractivity contribution in [3.05, 3.63) is 11.6 Å². The number of hydrogen-bond acceptors (Lipinski definition) is 3. The Morgan fingerprint density at radius 3 is 2.41 bits per heavy atom. The molecule has 0 aromatic carbocycles. The smallest absolute Gasteiger partial charge is 0.303 e. The third kappa shape index (κ3) is 8.61. The van der Waals surface area contributed by atoms with Gasteiger partial charge in [-0.1, -0.05) is 70.9 Å². The molecular weight excluding hydrogens is 416 g/mol. The Morgan fingerprint density at radius 2 is 1.78 bits per heavy atom. The van der Waals surface area contributed by atoms with Crippen molar-refractivity contribution in [2.24, 2.45) is 11.8 Å². The molecule has 0 spiro atoms. The summed E-state index contributed by atoms with van der Waals surface area (Å²) < 4.78 is 7.01. The summed E-state index contributed by atoms with van der Waals surface area (Å²) in [7, 11) is -1.81. The molecule has 0 aliphatic heterocycles. The van der Waals surface area contributed by atoms with E-state index in [4.69, 9.17) is 9.53 Å². The van der Waals surface area contributed by atoms with E-state index in [1.165, 1.54) is 37.7 Å². The first-order valence-corrected chi connectivity index (χ1v) is 16.2. The number of rotatable bonds is 13. The topological polar surface area (TPSA) is 66.8 Å². The highest BCUT2D eigenvalue weighted by Crippen LogP contribution is 2.42. The summed E-state index contributed by atoms with van der Waals surface area (Å²) >= 11 is 0. The van der Waals surface area contributed by atoms with Crippen LogP contribution in [0.5, 0.6) is 0 Å². The van der Waals surface area contributed by atoms with Crippen molar-refractivity contribution in [1.82, 2.24) is 0 Å². The van der Waals surface area contributed by atoms with Gasteiger partial charge in [-0.25, -0.2) is 0 Å². The lowest BCUT2D eigenvalue weighted by molar-refractivity contribution is -0.137. The normalized spacial score (nSPS) is 23.9. The average molecular weight is 467 g/mol. The standard InChI is InChI=1S/C27H50O4Si/c1-27(2,3)32(4,5)31-25(22-13-9-8-10-14-22)20-18-21-17-19-24(28)23(21)15-11-6-7-12-16-26(29)30/h17,22-25,28H,6-16,18-20H2,1-5H3,(H,29,30)/t23-,24+,25-/m1/s1. The van der Waals surface area contributed by atoms with Crippen LogP contribution in [0.3, 0.4) is 0 Å². The largest absolute Gasteiger partial charge is 0.481 e. The van der Waals surface area contributed by atoms with Gasteiger partial charge in [0, 0.05) is 18.4 Å². The van der Waals surface area contributed by atoms with Gasteiger partial charge < -0.3 is 14.6 Å². The molecule has 0 bridgehead atoms. The number of aliphatic carboxylic acids is 1. The van der Waals surface area contributed by atoms with Crippen LogP contribution in [0, 0.1) is 11.8 Å². The first kappa shape index (κ1) is 27.6. The van der Waals surface area contributed by atoms with Crippen LogP contribution < -0.4 is 0 Å². The third-order valence-corrected chi connectivity index (χ3v) is 12.9. The molecule has 3 atom stereocenters. The van der Waals surface area contributed by atoms with Gasteiger partial charge in [-0.3, -0.25) is 4.79 Å². The van der Waals surface area contributed by atoms with E-state index in [1.54, 1.807) is 0 Å². The van der Waals surface area contributed by atoms with Crippen LogP contribution in [0.2, 0.25) is 18.1 Å². The molecule has 32 heavy (non-hydrogen) atoms. The number of aliphatic hydroxyl groups is 1. The van der Waals surface area contributed by atoms with Crippen LogP contribution in [0.25, 0.3) is 0 Å². The summed E-state index contributed by atoms with van der Waals surface area (Å²) in [4.78, 5) is 10.7. The summed E-state index contributed by atoms with van der Waals surface area (Å²) in [6.45, 7) is 11.8. The highest BCUT2D eigenvalue weighted by atomic mass is 28.4. The molecule has 5 heteroatoms. The summed E-state index contributed by atoms with van der Waals surface area (Å²) in [5.74, 6) is 0.278. The first-order valence-electron chi connectivity index (χ1n) is 13.3. The van der Waals surface area contributed by atoms with E-state index in [1.807, 2.05) is 0 Å². The second-order valence-corrected chi connectivity index (χ2v) is 16.6. The molecule has 0 radical (unpaired) electrons. The molecule has 0 aromatic rings. The van der Waals surface area contributed by atoms with E-state index in [-0.39, 0.29) is 23.5 Å². The maximum atomic E-state index is 10.7. The lowest BCUT2D eigenvalue weighted by Gasteiger charge is -2.42. The molecule has 186 valence electrons. The van der Waals surface area contributed by atoms with Crippen molar-refractivity contribution in [3.8, 4) is 0 Å². The summed E-state index contributed by atoms with van der Waals surface area (Å²) in [5.41, 5.74) is 1.45. The van der Waals surface area contributed by atoms with Crippen molar-refractivity contribution in [2.75, 3.05) is 0 Å². The predicted molar refractivity (Wildman–Crippen MR) is 135 cm³/mol. The highest BCUT2D eigenvalue weighted by molar-refractivity contribution is 6.74. The van der Waals surface area contributed by atoms with E-state index in [9.17, 15) is 9.90 Å². The van der Waals surface area contributed by atoms with Crippen molar-refractivity contribution < 1.29 is 19.4 Å². The lowest BCUT2D eigenvalue weighted by atomic mass is 9.82. The number of hydrogen-bond donors (Lipinski definition) is 2. The molecule has 0 saturated heterocycles. The first-order chi connectivity index (χ1) is 15.0. The minimum absolute atomic E-state index is 0.228. The molecule has 2 aliphatic rings. The molecule has 2 rings (SSSR count). The van der Waals surface area contributed by atoms with Crippen LogP contribution in [-0.4, -0.2) is 36.7 Å². The molecule has 2 N–H and O–H groups in total. The van der Waals surface area contributed by atoms with Gasteiger partial charge in [0.1, 0.15) is 0 Å². The second kappa shape index (κ2) is 12.7. The maximum absolute atomic E-state index is 10.7. The Bertz CT molecular complexity index is 601. The number of carboxylic acids is 1. The molecule has 4 nitrogen and oxygen atoms in total. The average Bonchev–Trinajstić information content (AvgIpc) is 3.07. The Morgan fingerprint density at radius 1 is 1.12 bits per heavy atom. The molecule has 1 saturated carbocycles. The zero-order chi connectivity index (χ0) is 23.8. The molecular formula is C27H50O4Si. The number of aliphatic hydroxyl groups excluding tert-OH is 1. The minimum atomic E-state index is -1.81. The fourth-order valence-electron chi connectivity index (χ4n) is 5.26. The molecule has 0 heterocycles. The van der Waals surface area contributed by atoms with Crippen LogP contribution in [-0.2, 0) is 9.22 Å². The van der Waals surface area contributed by atoms with Gasteiger partial charge in [-0.2, -0.15) is 0 Å². The zero-order valence-corrected chi connectivity index (χ0v) is 22.5. The van der Waals surface area contributed by atoms with E-state index in [2.05, 4.69) is 39.9 Å².